The lowest BCUT2D eigenvalue weighted by molar-refractivity contribution is -0.389. The Balaban J connectivity index is 2.75. The molecule has 1 amide bonds. The number of hydrogen-bond donors (Lipinski definition) is 1. The van der Waals surface area contributed by atoms with Gasteiger partial charge in [0.05, 0.1) is 18.2 Å². The Bertz CT molecular complexity index is 446. The third kappa shape index (κ3) is 3.74. The summed E-state index contributed by atoms with van der Waals surface area (Å²) in [5.74, 6) is -0.135. The van der Waals surface area contributed by atoms with Crippen molar-refractivity contribution in [3.63, 3.8) is 0 Å². The molecule has 1 N–H and O–H groups in total. The summed E-state index contributed by atoms with van der Waals surface area (Å²) in [6.45, 7) is 5.16. The molecule has 0 aliphatic heterocycles. The highest BCUT2D eigenvalue weighted by Gasteiger charge is 2.20. The maximum atomic E-state index is 11.4. The van der Waals surface area contributed by atoms with E-state index in [1.807, 2.05) is 0 Å². The summed E-state index contributed by atoms with van der Waals surface area (Å²) in [5, 5.41) is 16.5. The fourth-order valence-electron chi connectivity index (χ4n) is 1.07. The zero-order valence-electron chi connectivity index (χ0n) is 10.1. The number of ether oxygens (including phenoxy) is 1. The van der Waals surface area contributed by atoms with E-state index in [-0.39, 0.29) is 11.6 Å². The standard InChI is InChI=1S/C9H14N4O4/c1-9(2,3)17-8(14)10-6-5-7(13(15)16)11-12(6)4/h5H,1-4H3,(H,10,14). The molecular formula is C9H14N4O4. The summed E-state index contributed by atoms with van der Waals surface area (Å²) in [6, 6.07) is 1.16. The Labute approximate surface area is 97.7 Å². The molecule has 0 aliphatic rings. The van der Waals surface area contributed by atoms with Crippen molar-refractivity contribution in [2.24, 2.45) is 7.05 Å². The van der Waals surface area contributed by atoms with Crippen LogP contribution in [-0.4, -0.2) is 26.4 Å². The first-order chi connectivity index (χ1) is 7.69. The molecule has 0 aromatic carbocycles. The maximum absolute atomic E-state index is 11.4. The first-order valence-corrected chi connectivity index (χ1v) is 4.87. The van der Waals surface area contributed by atoms with Gasteiger partial charge < -0.3 is 14.9 Å². The van der Waals surface area contributed by atoms with Crippen LogP contribution < -0.4 is 5.32 Å². The van der Waals surface area contributed by atoms with E-state index in [1.165, 1.54) is 11.7 Å². The van der Waals surface area contributed by atoms with E-state index in [9.17, 15) is 14.9 Å². The number of anilines is 1. The molecule has 0 saturated carbocycles. The average Bonchev–Trinajstić information content (AvgIpc) is 2.44. The van der Waals surface area contributed by atoms with Gasteiger partial charge in [0.15, 0.2) is 5.82 Å². The van der Waals surface area contributed by atoms with Gasteiger partial charge in [-0.1, -0.05) is 0 Å². The van der Waals surface area contributed by atoms with E-state index >= 15 is 0 Å². The minimum absolute atomic E-state index is 0.200. The number of nitro groups is 1. The summed E-state index contributed by atoms with van der Waals surface area (Å²) in [6.07, 6.45) is -0.685. The normalized spacial score (nSPS) is 11.1. The van der Waals surface area contributed by atoms with Gasteiger partial charge >= 0.3 is 11.9 Å². The Morgan fingerprint density at radius 3 is 2.59 bits per heavy atom. The molecule has 17 heavy (non-hydrogen) atoms. The van der Waals surface area contributed by atoms with Crippen molar-refractivity contribution in [3.8, 4) is 0 Å². The lowest BCUT2D eigenvalue weighted by atomic mass is 10.2. The second-order valence-electron chi connectivity index (χ2n) is 4.40. The zero-order valence-corrected chi connectivity index (χ0v) is 10.1. The number of amides is 1. The number of carbonyl (C=O) groups excluding carboxylic acids is 1. The minimum atomic E-state index is -0.685. The lowest BCUT2D eigenvalue weighted by Crippen LogP contribution is -2.27. The van der Waals surface area contributed by atoms with Crippen molar-refractivity contribution < 1.29 is 14.5 Å². The second-order valence-corrected chi connectivity index (χ2v) is 4.40. The van der Waals surface area contributed by atoms with Crippen LogP contribution in [0, 0.1) is 10.1 Å². The highest BCUT2D eigenvalue weighted by atomic mass is 16.6. The topological polar surface area (TPSA) is 99.3 Å². The van der Waals surface area contributed by atoms with E-state index in [0.29, 0.717) is 0 Å². The van der Waals surface area contributed by atoms with Gasteiger partial charge in [-0.05, 0) is 25.7 Å². The quantitative estimate of drug-likeness (QED) is 0.628. The SMILES string of the molecule is Cn1nc([N+](=O)[O-])cc1NC(=O)OC(C)(C)C. The van der Waals surface area contributed by atoms with Crippen LogP contribution in [-0.2, 0) is 11.8 Å². The van der Waals surface area contributed by atoms with E-state index in [1.54, 1.807) is 20.8 Å². The van der Waals surface area contributed by atoms with E-state index in [4.69, 9.17) is 4.74 Å². The molecule has 0 bridgehead atoms. The van der Waals surface area contributed by atoms with Gasteiger partial charge in [0.25, 0.3) is 0 Å². The first-order valence-electron chi connectivity index (χ1n) is 4.87. The molecule has 0 unspecified atom stereocenters. The monoisotopic (exact) mass is 242 g/mol. The van der Waals surface area contributed by atoms with Crippen LogP contribution in [0.5, 0.6) is 0 Å². The maximum Gasteiger partial charge on any atom is 0.413 e. The molecule has 8 heteroatoms. The smallest absolute Gasteiger partial charge is 0.413 e. The number of aryl methyl sites for hydroxylation is 1. The van der Waals surface area contributed by atoms with Gasteiger partial charge in [-0.15, -0.1) is 0 Å². The van der Waals surface area contributed by atoms with Crippen molar-refractivity contribution in [1.29, 1.82) is 0 Å². The summed E-state index contributed by atoms with van der Waals surface area (Å²) in [4.78, 5) is 21.2. The molecule has 0 saturated heterocycles. The fraction of sp³-hybridized carbons (Fsp3) is 0.556. The summed E-state index contributed by atoms with van der Waals surface area (Å²) >= 11 is 0. The highest BCUT2D eigenvalue weighted by Crippen LogP contribution is 2.16. The van der Waals surface area contributed by atoms with Gasteiger partial charge in [-0.2, -0.15) is 4.68 Å². The molecule has 0 atom stereocenters. The van der Waals surface area contributed by atoms with Gasteiger partial charge in [-0.3, -0.25) is 5.32 Å². The van der Waals surface area contributed by atoms with E-state index in [2.05, 4.69) is 10.4 Å². The molecule has 0 aliphatic carbocycles. The number of rotatable bonds is 2. The van der Waals surface area contributed by atoms with Crippen LogP contribution in [0.15, 0.2) is 6.07 Å². The zero-order chi connectivity index (χ0) is 13.2. The summed E-state index contributed by atoms with van der Waals surface area (Å²) in [7, 11) is 1.49. The van der Waals surface area contributed by atoms with Crippen LogP contribution >= 0.6 is 0 Å². The minimum Gasteiger partial charge on any atom is -0.444 e. The Kier molecular flexibility index (Phi) is 3.35. The van der Waals surface area contributed by atoms with Gasteiger partial charge in [0.2, 0.25) is 0 Å². The predicted molar refractivity (Wildman–Crippen MR) is 59.7 cm³/mol. The van der Waals surface area contributed by atoms with Crippen LogP contribution in [0.3, 0.4) is 0 Å². The van der Waals surface area contributed by atoms with Crippen LogP contribution in [0.4, 0.5) is 16.4 Å². The number of aromatic nitrogens is 2. The molecule has 94 valence electrons. The number of nitrogens with zero attached hydrogens (tertiary/aromatic N) is 3. The Morgan fingerprint density at radius 1 is 1.59 bits per heavy atom. The molecule has 1 rings (SSSR count). The molecule has 1 aromatic heterocycles. The molecule has 0 spiro atoms. The van der Waals surface area contributed by atoms with Crippen molar-refractivity contribution in [2.45, 2.75) is 26.4 Å². The molecular weight excluding hydrogens is 228 g/mol. The third-order valence-corrected chi connectivity index (χ3v) is 1.68. The van der Waals surface area contributed by atoms with Crippen LogP contribution in [0.1, 0.15) is 20.8 Å². The molecule has 1 heterocycles. The molecule has 0 fully saturated rings. The third-order valence-electron chi connectivity index (χ3n) is 1.68. The first kappa shape index (κ1) is 12.9. The van der Waals surface area contributed by atoms with E-state index < -0.39 is 16.6 Å². The average molecular weight is 242 g/mol. The molecule has 1 aromatic rings. The highest BCUT2D eigenvalue weighted by molar-refractivity contribution is 5.84. The predicted octanol–water partition coefficient (Wildman–Crippen LogP) is 1.68. The van der Waals surface area contributed by atoms with Crippen molar-refractivity contribution in [2.75, 3.05) is 5.32 Å². The lowest BCUT2D eigenvalue weighted by Gasteiger charge is -2.19. The summed E-state index contributed by atoms with van der Waals surface area (Å²) in [5.41, 5.74) is -0.630. The number of nitrogens with one attached hydrogen (secondary N) is 1. The Morgan fingerprint density at radius 2 is 2.18 bits per heavy atom. The van der Waals surface area contributed by atoms with Crippen LogP contribution in [0.2, 0.25) is 0 Å². The van der Waals surface area contributed by atoms with Crippen molar-refractivity contribution in [3.05, 3.63) is 16.2 Å². The largest absolute Gasteiger partial charge is 0.444 e. The Hall–Kier alpha value is -2.12. The number of hydrogen-bond acceptors (Lipinski definition) is 5. The van der Waals surface area contributed by atoms with E-state index in [0.717, 1.165) is 6.07 Å². The van der Waals surface area contributed by atoms with Gasteiger partial charge in [0.1, 0.15) is 5.60 Å². The van der Waals surface area contributed by atoms with Gasteiger partial charge in [0, 0.05) is 0 Å². The fourth-order valence-corrected chi connectivity index (χ4v) is 1.07. The molecule has 0 radical (unpaired) electrons. The van der Waals surface area contributed by atoms with Crippen molar-refractivity contribution >= 4 is 17.7 Å². The van der Waals surface area contributed by atoms with Gasteiger partial charge in [-0.25, -0.2) is 4.79 Å². The second kappa shape index (κ2) is 4.40. The molecule has 8 nitrogen and oxygen atoms in total. The summed E-state index contributed by atoms with van der Waals surface area (Å²) < 4.78 is 6.20. The number of carbonyl (C=O) groups is 1. The van der Waals surface area contributed by atoms with Crippen LogP contribution in [0.25, 0.3) is 0 Å². The van der Waals surface area contributed by atoms with Crippen molar-refractivity contribution in [1.82, 2.24) is 9.78 Å².